The van der Waals surface area contributed by atoms with Crippen LogP contribution in [0.2, 0.25) is 0 Å². The van der Waals surface area contributed by atoms with E-state index in [1.165, 1.54) is 0 Å². The first-order valence-corrected chi connectivity index (χ1v) is 10.7. The third kappa shape index (κ3) is 3.71. The van der Waals surface area contributed by atoms with Crippen LogP contribution in [0.5, 0.6) is 5.88 Å². The van der Waals surface area contributed by atoms with Crippen molar-refractivity contribution in [3.63, 3.8) is 0 Å². The largest absolute Gasteiger partial charge is 0.492 e. The van der Waals surface area contributed by atoms with Crippen LogP contribution in [0.4, 0.5) is 0 Å². The van der Waals surface area contributed by atoms with Gasteiger partial charge in [-0.2, -0.15) is 0 Å². The number of imidazole rings is 1. The van der Waals surface area contributed by atoms with E-state index in [0.29, 0.717) is 17.9 Å². The highest BCUT2D eigenvalue weighted by molar-refractivity contribution is 5.81. The van der Waals surface area contributed by atoms with Crippen molar-refractivity contribution in [2.24, 2.45) is 0 Å². The fraction of sp³-hybridized carbons (Fsp3) is 0.208. The van der Waals surface area contributed by atoms with E-state index >= 15 is 0 Å². The Kier molecular flexibility index (Phi) is 5.33. The lowest BCUT2D eigenvalue weighted by atomic mass is 9.98. The summed E-state index contributed by atoms with van der Waals surface area (Å²) in [5.41, 5.74) is 5.65. The molecule has 5 rings (SSSR count). The van der Waals surface area contributed by atoms with E-state index < -0.39 is 0 Å². The maximum atomic E-state index is 10.4. The number of aromatic nitrogens is 7. The Morgan fingerprint density at radius 1 is 1.00 bits per heavy atom. The zero-order valence-corrected chi connectivity index (χ0v) is 17.7. The molecule has 8 heteroatoms. The number of H-pyrrole nitrogens is 1. The van der Waals surface area contributed by atoms with Crippen LogP contribution >= 0.6 is 0 Å². The number of hydrogen-bond donors (Lipinski definition) is 2. The second-order valence-electron chi connectivity index (χ2n) is 7.71. The van der Waals surface area contributed by atoms with Crippen LogP contribution in [0.3, 0.4) is 0 Å². The van der Waals surface area contributed by atoms with Crippen LogP contribution < -0.4 is 0 Å². The Labute approximate surface area is 185 Å². The number of aryl methyl sites for hydroxylation is 1. The van der Waals surface area contributed by atoms with Crippen molar-refractivity contribution in [2.75, 3.05) is 0 Å². The van der Waals surface area contributed by atoms with Gasteiger partial charge in [-0.25, -0.2) is 15.1 Å². The average Bonchev–Trinajstić information content (AvgIpc) is 3.47. The van der Waals surface area contributed by atoms with Gasteiger partial charge in [0.15, 0.2) is 5.82 Å². The normalized spacial score (nSPS) is 11.3. The van der Waals surface area contributed by atoms with Crippen molar-refractivity contribution in [1.82, 2.24) is 35.2 Å². The zero-order chi connectivity index (χ0) is 21.9. The third-order valence-electron chi connectivity index (χ3n) is 5.60. The lowest BCUT2D eigenvalue weighted by molar-refractivity contribution is 0.456. The van der Waals surface area contributed by atoms with Crippen LogP contribution in [-0.2, 0) is 13.0 Å². The molecule has 2 aromatic carbocycles. The maximum absolute atomic E-state index is 10.4. The summed E-state index contributed by atoms with van der Waals surface area (Å²) in [6.45, 7) is 2.78. The number of hydrogen-bond acceptors (Lipinski definition) is 6. The number of nitrogens with zero attached hydrogens (tertiary/aromatic N) is 6. The minimum atomic E-state index is 0.0176. The summed E-state index contributed by atoms with van der Waals surface area (Å²) in [6, 6.07) is 18.3. The van der Waals surface area contributed by atoms with Crippen LogP contribution in [0.25, 0.3) is 33.5 Å². The number of tetrazole rings is 1. The molecule has 5 aromatic rings. The lowest BCUT2D eigenvalue weighted by Crippen LogP contribution is -2.06. The Bertz CT molecular complexity index is 1340. The fourth-order valence-corrected chi connectivity index (χ4v) is 3.99. The Morgan fingerprint density at radius 3 is 2.56 bits per heavy atom. The van der Waals surface area contributed by atoms with E-state index in [-0.39, 0.29) is 5.88 Å². The van der Waals surface area contributed by atoms with E-state index in [1.54, 1.807) is 6.20 Å². The minimum Gasteiger partial charge on any atom is -0.492 e. The van der Waals surface area contributed by atoms with Crippen LogP contribution in [0.1, 0.15) is 31.2 Å². The zero-order valence-electron chi connectivity index (χ0n) is 17.7. The van der Waals surface area contributed by atoms with Gasteiger partial charge in [-0.15, -0.1) is 5.10 Å². The maximum Gasteiger partial charge on any atom is 0.237 e. The van der Waals surface area contributed by atoms with Gasteiger partial charge in [0.25, 0.3) is 0 Å². The summed E-state index contributed by atoms with van der Waals surface area (Å²) in [4.78, 5) is 8.82. The van der Waals surface area contributed by atoms with Crippen molar-refractivity contribution < 1.29 is 5.11 Å². The second-order valence-corrected chi connectivity index (χ2v) is 7.71. The fourth-order valence-electron chi connectivity index (χ4n) is 3.99. The monoisotopic (exact) mass is 425 g/mol. The Balaban J connectivity index is 1.49. The van der Waals surface area contributed by atoms with Gasteiger partial charge in [-0.1, -0.05) is 61.9 Å². The van der Waals surface area contributed by atoms with Gasteiger partial charge in [0.1, 0.15) is 11.3 Å². The summed E-state index contributed by atoms with van der Waals surface area (Å²) in [7, 11) is 0. The predicted molar refractivity (Wildman–Crippen MR) is 122 cm³/mol. The molecule has 0 saturated heterocycles. The van der Waals surface area contributed by atoms with Crippen LogP contribution in [-0.4, -0.2) is 40.3 Å². The first-order chi connectivity index (χ1) is 15.7. The summed E-state index contributed by atoms with van der Waals surface area (Å²) in [6.07, 6.45) is 4.59. The molecular formula is C24H23N7O. The van der Waals surface area contributed by atoms with Gasteiger partial charge in [-0.05, 0) is 39.6 Å². The number of aromatic hydroxyl groups is 1. The molecule has 0 fully saturated rings. The van der Waals surface area contributed by atoms with Crippen molar-refractivity contribution in [1.29, 1.82) is 0 Å². The molecule has 2 N–H and O–H groups in total. The minimum absolute atomic E-state index is 0.0176. The molecule has 3 heterocycles. The van der Waals surface area contributed by atoms with E-state index in [2.05, 4.69) is 67.4 Å². The number of benzene rings is 2. The first kappa shape index (κ1) is 19.9. The smallest absolute Gasteiger partial charge is 0.237 e. The van der Waals surface area contributed by atoms with E-state index in [4.69, 9.17) is 4.98 Å². The molecule has 0 bridgehead atoms. The van der Waals surface area contributed by atoms with Gasteiger partial charge < -0.3 is 9.67 Å². The lowest BCUT2D eigenvalue weighted by Gasteiger charge is -2.11. The molecule has 0 radical (unpaired) electrons. The van der Waals surface area contributed by atoms with E-state index in [1.807, 2.05) is 24.3 Å². The molecule has 160 valence electrons. The molecule has 0 atom stereocenters. The van der Waals surface area contributed by atoms with Gasteiger partial charge in [-0.3, -0.25) is 0 Å². The number of rotatable bonds is 7. The summed E-state index contributed by atoms with van der Waals surface area (Å²) < 4.78 is 2.08. The summed E-state index contributed by atoms with van der Waals surface area (Å²) >= 11 is 0. The van der Waals surface area contributed by atoms with Crippen molar-refractivity contribution in [3.8, 4) is 28.4 Å². The summed E-state index contributed by atoms with van der Waals surface area (Å²) in [5, 5.41) is 24.7. The van der Waals surface area contributed by atoms with Crippen molar-refractivity contribution in [2.45, 2.75) is 32.7 Å². The Morgan fingerprint density at radius 2 is 1.81 bits per heavy atom. The summed E-state index contributed by atoms with van der Waals surface area (Å²) in [5.74, 6) is 1.62. The number of pyridine rings is 1. The topological polar surface area (TPSA) is 105 Å². The Hall–Kier alpha value is -4.07. The van der Waals surface area contributed by atoms with E-state index in [9.17, 15) is 5.11 Å². The first-order valence-electron chi connectivity index (χ1n) is 10.7. The van der Waals surface area contributed by atoms with Gasteiger partial charge in [0, 0.05) is 24.7 Å². The van der Waals surface area contributed by atoms with E-state index in [0.717, 1.165) is 52.9 Å². The average molecular weight is 425 g/mol. The van der Waals surface area contributed by atoms with Gasteiger partial charge >= 0.3 is 0 Å². The standard InChI is InChI=1S/C24H23N7O/c1-2-3-8-21-26-20-13-14-25-24(32)22(20)31(21)15-16-9-11-17(12-10-16)18-6-4-5-7-19(18)23-27-29-30-28-23/h4-7,9-14H,2-3,8,15H2,1H3,(H,25,32)(H,27,28,29,30). The highest BCUT2D eigenvalue weighted by atomic mass is 16.3. The number of fused-ring (bicyclic) bond motifs is 1. The van der Waals surface area contributed by atoms with Crippen molar-refractivity contribution >= 4 is 11.0 Å². The molecule has 0 unspecified atom stereocenters. The highest BCUT2D eigenvalue weighted by Gasteiger charge is 2.15. The molecule has 0 saturated carbocycles. The molecule has 32 heavy (non-hydrogen) atoms. The van der Waals surface area contributed by atoms with Crippen LogP contribution in [0.15, 0.2) is 60.8 Å². The predicted octanol–water partition coefficient (Wildman–Crippen LogP) is 4.37. The van der Waals surface area contributed by atoms with Crippen LogP contribution in [0, 0.1) is 0 Å². The molecule has 0 amide bonds. The quantitative estimate of drug-likeness (QED) is 0.401. The molecule has 0 spiro atoms. The molecule has 0 aliphatic rings. The SMILES string of the molecule is CCCCc1nc2ccnc(O)c2n1Cc1ccc(-c2ccccc2-c2nnn[nH]2)cc1. The number of nitrogens with one attached hydrogen (secondary N) is 1. The molecule has 3 aromatic heterocycles. The number of unbranched alkanes of at least 4 members (excludes halogenated alkanes) is 1. The number of aromatic amines is 1. The molecule has 0 aliphatic carbocycles. The van der Waals surface area contributed by atoms with Gasteiger partial charge in [0.2, 0.25) is 5.88 Å². The third-order valence-corrected chi connectivity index (χ3v) is 5.60. The van der Waals surface area contributed by atoms with Crippen molar-refractivity contribution in [3.05, 3.63) is 72.2 Å². The highest BCUT2D eigenvalue weighted by Crippen LogP contribution is 2.30. The molecule has 0 aliphatic heterocycles. The second kappa shape index (κ2) is 8.58. The molecule has 8 nitrogen and oxygen atoms in total. The molecular weight excluding hydrogens is 402 g/mol. The van der Waals surface area contributed by atoms with Gasteiger partial charge in [0.05, 0.1) is 5.52 Å².